The summed E-state index contributed by atoms with van der Waals surface area (Å²) in [7, 11) is 1.59. The van der Waals surface area contributed by atoms with Crippen LogP contribution in [0.4, 0.5) is 10.8 Å². The molecule has 8 heteroatoms. The molecule has 0 radical (unpaired) electrons. The fourth-order valence-electron chi connectivity index (χ4n) is 1.66. The Morgan fingerprint density at radius 2 is 2.13 bits per heavy atom. The summed E-state index contributed by atoms with van der Waals surface area (Å²) in [4.78, 5) is 12.0. The third kappa shape index (κ3) is 6.07. The number of hydrogen-bond acceptors (Lipinski definition) is 7. The van der Waals surface area contributed by atoms with Gasteiger partial charge in [0.1, 0.15) is 5.75 Å². The zero-order chi connectivity index (χ0) is 16.9. The first-order chi connectivity index (χ1) is 10.9. The first-order valence-corrected chi connectivity index (χ1v) is 8.84. The van der Waals surface area contributed by atoms with Crippen molar-refractivity contribution in [3.8, 4) is 5.75 Å². The minimum atomic E-state index is -0.0937. The molecule has 0 bridgehead atoms. The van der Waals surface area contributed by atoms with Gasteiger partial charge in [-0.15, -0.1) is 10.2 Å². The van der Waals surface area contributed by atoms with Gasteiger partial charge >= 0.3 is 0 Å². The van der Waals surface area contributed by atoms with Crippen molar-refractivity contribution in [1.82, 2.24) is 10.2 Å². The molecule has 0 aliphatic carbocycles. The number of methoxy groups -OCH3 is 1. The van der Waals surface area contributed by atoms with Crippen LogP contribution in [-0.2, 0) is 4.79 Å². The Bertz CT molecular complexity index is 667. The van der Waals surface area contributed by atoms with Crippen molar-refractivity contribution in [2.24, 2.45) is 0 Å². The van der Waals surface area contributed by atoms with Gasteiger partial charge in [0.2, 0.25) is 11.0 Å². The minimum Gasteiger partial charge on any atom is -0.497 e. The van der Waals surface area contributed by atoms with Gasteiger partial charge in [0.15, 0.2) is 4.34 Å². The summed E-state index contributed by atoms with van der Waals surface area (Å²) >= 11 is 2.81. The Hall–Kier alpha value is -1.80. The Morgan fingerprint density at radius 3 is 2.83 bits per heavy atom. The van der Waals surface area contributed by atoms with Crippen LogP contribution in [0.25, 0.3) is 0 Å². The number of hydrogen-bond donors (Lipinski definition) is 2. The average Bonchev–Trinajstić information content (AvgIpc) is 2.91. The van der Waals surface area contributed by atoms with E-state index < -0.39 is 0 Å². The molecule has 1 aromatic carbocycles. The highest BCUT2D eigenvalue weighted by atomic mass is 32.2. The van der Waals surface area contributed by atoms with Gasteiger partial charge in [-0.05, 0) is 32.9 Å². The van der Waals surface area contributed by atoms with E-state index in [2.05, 4.69) is 41.6 Å². The quantitative estimate of drug-likeness (QED) is 0.775. The van der Waals surface area contributed by atoms with Crippen LogP contribution in [0.15, 0.2) is 28.6 Å². The number of carbonyl (C=O) groups is 1. The third-order valence-electron chi connectivity index (χ3n) is 2.57. The summed E-state index contributed by atoms with van der Waals surface area (Å²) in [6.45, 7) is 6.17. The van der Waals surface area contributed by atoms with E-state index in [0.29, 0.717) is 11.4 Å². The number of amides is 1. The zero-order valence-corrected chi connectivity index (χ0v) is 15.2. The topological polar surface area (TPSA) is 76.1 Å². The number of anilines is 2. The Balaban J connectivity index is 1.84. The van der Waals surface area contributed by atoms with Crippen LogP contribution in [-0.4, -0.2) is 34.5 Å². The fourth-order valence-corrected chi connectivity index (χ4v) is 3.43. The minimum absolute atomic E-state index is 0.0643. The number of aromatic nitrogens is 2. The fraction of sp³-hybridized carbons (Fsp3) is 0.400. The molecule has 0 saturated heterocycles. The molecule has 1 amide bonds. The van der Waals surface area contributed by atoms with Crippen molar-refractivity contribution >= 4 is 39.8 Å². The van der Waals surface area contributed by atoms with E-state index in [1.165, 1.54) is 23.1 Å². The summed E-state index contributed by atoms with van der Waals surface area (Å²) in [5.41, 5.74) is 0.646. The van der Waals surface area contributed by atoms with E-state index in [0.717, 1.165) is 9.47 Å². The van der Waals surface area contributed by atoms with Gasteiger partial charge < -0.3 is 15.4 Å². The molecular formula is C15H20N4O2S2. The Kier molecular flexibility index (Phi) is 5.84. The molecule has 2 aromatic rings. The lowest BCUT2D eigenvalue weighted by Crippen LogP contribution is -2.25. The van der Waals surface area contributed by atoms with Crippen molar-refractivity contribution in [2.45, 2.75) is 30.6 Å². The average molecular weight is 352 g/mol. The van der Waals surface area contributed by atoms with Crippen LogP contribution >= 0.6 is 23.1 Å². The van der Waals surface area contributed by atoms with Gasteiger partial charge in [-0.25, -0.2) is 0 Å². The number of benzene rings is 1. The van der Waals surface area contributed by atoms with Gasteiger partial charge in [0, 0.05) is 17.3 Å². The monoisotopic (exact) mass is 352 g/mol. The number of thioether (sulfide) groups is 1. The van der Waals surface area contributed by atoms with Crippen LogP contribution in [0.5, 0.6) is 5.75 Å². The molecule has 0 unspecified atom stereocenters. The van der Waals surface area contributed by atoms with E-state index in [1.807, 2.05) is 18.2 Å². The molecular weight excluding hydrogens is 332 g/mol. The SMILES string of the molecule is COc1cccc(NC(=O)CSc2nnc(NC(C)(C)C)s2)c1. The van der Waals surface area contributed by atoms with E-state index in [4.69, 9.17) is 4.74 Å². The van der Waals surface area contributed by atoms with Crippen molar-refractivity contribution in [3.05, 3.63) is 24.3 Å². The van der Waals surface area contributed by atoms with Gasteiger partial charge in [-0.2, -0.15) is 0 Å². The smallest absolute Gasteiger partial charge is 0.234 e. The molecule has 2 N–H and O–H groups in total. The van der Waals surface area contributed by atoms with Crippen LogP contribution in [0.1, 0.15) is 20.8 Å². The standard InChI is InChI=1S/C15H20N4O2S2/c1-15(2,3)17-13-18-19-14(23-13)22-9-12(20)16-10-6-5-7-11(8-10)21-4/h5-8H,9H2,1-4H3,(H,16,20)(H,17,18). The van der Waals surface area contributed by atoms with Crippen molar-refractivity contribution in [3.63, 3.8) is 0 Å². The normalized spacial score (nSPS) is 11.1. The van der Waals surface area contributed by atoms with Crippen molar-refractivity contribution in [1.29, 1.82) is 0 Å². The largest absolute Gasteiger partial charge is 0.497 e. The number of ether oxygens (including phenoxy) is 1. The van der Waals surface area contributed by atoms with E-state index in [1.54, 1.807) is 13.2 Å². The number of nitrogens with zero attached hydrogens (tertiary/aromatic N) is 2. The molecule has 0 aliphatic rings. The highest BCUT2D eigenvalue weighted by Gasteiger charge is 2.14. The lowest BCUT2D eigenvalue weighted by Gasteiger charge is -2.18. The van der Waals surface area contributed by atoms with E-state index in [9.17, 15) is 4.79 Å². The highest BCUT2D eigenvalue weighted by Crippen LogP contribution is 2.27. The summed E-state index contributed by atoms with van der Waals surface area (Å²) < 4.78 is 5.89. The van der Waals surface area contributed by atoms with Gasteiger partial charge in [0.05, 0.1) is 12.9 Å². The molecule has 124 valence electrons. The molecule has 0 spiro atoms. The van der Waals surface area contributed by atoms with Crippen LogP contribution < -0.4 is 15.4 Å². The molecule has 1 aromatic heterocycles. The van der Waals surface area contributed by atoms with Crippen molar-refractivity contribution < 1.29 is 9.53 Å². The van der Waals surface area contributed by atoms with Gasteiger partial charge in [-0.1, -0.05) is 29.2 Å². The first kappa shape index (κ1) is 17.6. The second-order valence-corrected chi connectivity index (χ2v) is 8.02. The summed E-state index contributed by atoms with van der Waals surface area (Å²) in [6, 6.07) is 7.26. The predicted octanol–water partition coefficient (Wildman–Crippen LogP) is 3.49. The lowest BCUT2D eigenvalue weighted by atomic mass is 10.1. The summed E-state index contributed by atoms with van der Waals surface area (Å²) in [6.07, 6.45) is 0. The maximum Gasteiger partial charge on any atom is 0.234 e. The summed E-state index contributed by atoms with van der Waals surface area (Å²) in [5, 5.41) is 15.0. The molecule has 6 nitrogen and oxygen atoms in total. The van der Waals surface area contributed by atoms with E-state index in [-0.39, 0.29) is 17.2 Å². The number of carbonyl (C=O) groups excluding carboxylic acids is 1. The molecule has 1 heterocycles. The van der Waals surface area contributed by atoms with Crippen LogP contribution in [0, 0.1) is 0 Å². The maximum atomic E-state index is 12.0. The van der Waals surface area contributed by atoms with Crippen LogP contribution in [0.3, 0.4) is 0 Å². The van der Waals surface area contributed by atoms with E-state index >= 15 is 0 Å². The van der Waals surface area contributed by atoms with Gasteiger partial charge in [0.25, 0.3) is 0 Å². The molecule has 0 fully saturated rings. The molecule has 0 aliphatic heterocycles. The second kappa shape index (κ2) is 7.65. The second-order valence-electron chi connectivity index (χ2n) is 5.82. The molecule has 0 atom stereocenters. The molecule has 0 saturated carbocycles. The van der Waals surface area contributed by atoms with Gasteiger partial charge in [-0.3, -0.25) is 4.79 Å². The molecule has 23 heavy (non-hydrogen) atoms. The lowest BCUT2D eigenvalue weighted by molar-refractivity contribution is -0.113. The van der Waals surface area contributed by atoms with Crippen LogP contribution in [0.2, 0.25) is 0 Å². The predicted molar refractivity (Wildman–Crippen MR) is 95.6 cm³/mol. The maximum absolute atomic E-state index is 12.0. The number of rotatable bonds is 6. The third-order valence-corrected chi connectivity index (χ3v) is 4.54. The zero-order valence-electron chi connectivity index (χ0n) is 13.5. The van der Waals surface area contributed by atoms with Crippen molar-refractivity contribution in [2.75, 3.05) is 23.5 Å². The molecule has 2 rings (SSSR count). The Labute approximate surface area is 144 Å². The first-order valence-electron chi connectivity index (χ1n) is 7.04. The summed E-state index contributed by atoms with van der Waals surface area (Å²) in [5.74, 6) is 0.891. The Morgan fingerprint density at radius 1 is 1.35 bits per heavy atom. The number of nitrogens with one attached hydrogen (secondary N) is 2. The highest BCUT2D eigenvalue weighted by molar-refractivity contribution is 8.01.